The predicted molar refractivity (Wildman–Crippen MR) is 118 cm³/mol. The lowest BCUT2D eigenvalue weighted by Crippen LogP contribution is -2.62. The molecule has 172 valence electrons. The smallest absolute Gasteiger partial charge is 0.303 e. The van der Waals surface area contributed by atoms with E-state index >= 15 is 0 Å². The van der Waals surface area contributed by atoms with Crippen molar-refractivity contribution in [2.24, 2.45) is 52.3 Å². The van der Waals surface area contributed by atoms with E-state index in [0.717, 1.165) is 32.1 Å². The van der Waals surface area contributed by atoms with Crippen molar-refractivity contribution >= 4 is 5.97 Å². The van der Waals surface area contributed by atoms with Gasteiger partial charge < -0.3 is 15.3 Å². The van der Waals surface area contributed by atoms with Gasteiger partial charge in [-0.05, 0) is 104 Å². The summed E-state index contributed by atoms with van der Waals surface area (Å²) >= 11 is 0. The van der Waals surface area contributed by atoms with Crippen molar-refractivity contribution in [1.29, 1.82) is 0 Å². The second kappa shape index (κ2) is 8.06. The fourth-order valence-electron chi connectivity index (χ4n) is 9.48. The Morgan fingerprint density at radius 3 is 2.33 bits per heavy atom. The van der Waals surface area contributed by atoms with Gasteiger partial charge in [0.05, 0.1) is 12.2 Å². The summed E-state index contributed by atoms with van der Waals surface area (Å²) in [6.45, 7) is 9.44. The van der Waals surface area contributed by atoms with Gasteiger partial charge in [0.25, 0.3) is 0 Å². The number of hydrogen-bond donors (Lipinski definition) is 3. The van der Waals surface area contributed by atoms with Crippen molar-refractivity contribution in [3.05, 3.63) is 0 Å². The minimum absolute atomic E-state index is 0.194. The number of carboxylic acid groups (broad SMARTS) is 1. The number of aliphatic hydroxyl groups excluding tert-OH is 2. The van der Waals surface area contributed by atoms with Crippen molar-refractivity contribution < 1.29 is 20.1 Å². The molecule has 4 heteroatoms. The van der Waals surface area contributed by atoms with Gasteiger partial charge >= 0.3 is 5.97 Å². The van der Waals surface area contributed by atoms with Crippen molar-refractivity contribution in [2.45, 2.75) is 104 Å². The first kappa shape index (κ1) is 22.6. The molecular weight excluding hydrogens is 376 g/mol. The molecule has 0 amide bonds. The van der Waals surface area contributed by atoms with Crippen LogP contribution in [0.4, 0.5) is 0 Å². The Bertz CT molecular complexity index is 649. The molecule has 0 spiro atoms. The van der Waals surface area contributed by atoms with Gasteiger partial charge in [-0.1, -0.05) is 34.1 Å². The van der Waals surface area contributed by atoms with E-state index in [-0.39, 0.29) is 29.5 Å². The molecule has 8 unspecified atom stereocenters. The lowest BCUT2D eigenvalue weighted by Gasteiger charge is -2.64. The van der Waals surface area contributed by atoms with Crippen LogP contribution in [0.3, 0.4) is 0 Å². The van der Waals surface area contributed by atoms with E-state index in [9.17, 15) is 15.0 Å². The summed E-state index contributed by atoms with van der Waals surface area (Å²) in [6, 6.07) is 0. The van der Waals surface area contributed by atoms with E-state index in [2.05, 4.69) is 27.7 Å². The minimum Gasteiger partial charge on any atom is -0.481 e. The highest BCUT2D eigenvalue weighted by molar-refractivity contribution is 5.66. The Morgan fingerprint density at radius 1 is 1.00 bits per heavy atom. The summed E-state index contributed by atoms with van der Waals surface area (Å²) in [6.07, 6.45) is 9.27. The summed E-state index contributed by atoms with van der Waals surface area (Å²) in [5, 5.41) is 31.3. The van der Waals surface area contributed by atoms with Gasteiger partial charge in [0.15, 0.2) is 0 Å². The number of carbonyl (C=O) groups is 1. The van der Waals surface area contributed by atoms with Crippen LogP contribution >= 0.6 is 0 Å². The predicted octanol–water partition coefficient (Wildman–Crippen LogP) is 5.11. The monoisotopic (exact) mass is 420 g/mol. The highest BCUT2D eigenvalue weighted by atomic mass is 16.4. The maximum Gasteiger partial charge on any atom is 0.303 e. The molecule has 0 aromatic carbocycles. The largest absolute Gasteiger partial charge is 0.481 e. The molecule has 4 aliphatic carbocycles. The second-order valence-corrected chi connectivity index (χ2v) is 12.0. The molecule has 4 saturated carbocycles. The van der Waals surface area contributed by atoms with Crippen molar-refractivity contribution in [3.8, 4) is 0 Å². The zero-order chi connectivity index (χ0) is 21.8. The summed E-state index contributed by atoms with van der Waals surface area (Å²) < 4.78 is 0. The van der Waals surface area contributed by atoms with E-state index in [1.54, 1.807) is 0 Å². The van der Waals surface area contributed by atoms with Gasteiger partial charge in [0.2, 0.25) is 0 Å². The number of rotatable bonds is 5. The molecule has 0 aliphatic heterocycles. The maximum atomic E-state index is 11.7. The second-order valence-electron chi connectivity index (χ2n) is 12.0. The molecule has 0 saturated heterocycles. The molecule has 4 fully saturated rings. The molecule has 11 atom stereocenters. The fraction of sp³-hybridized carbons (Fsp3) is 0.962. The van der Waals surface area contributed by atoms with Crippen LogP contribution in [0.5, 0.6) is 0 Å². The average molecular weight is 421 g/mol. The van der Waals surface area contributed by atoms with E-state index in [4.69, 9.17) is 5.11 Å². The molecular formula is C26H44O4. The Hall–Kier alpha value is -0.610. The first-order valence-corrected chi connectivity index (χ1v) is 12.7. The van der Waals surface area contributed by atoms with Gasteiger partial charge in [0.1, 0.15) is 0 Å². The topological polar surface area (TPSA) is 77.8 Å². The Kier molecular flexibility index (Phi) is 6.07. The quantitative estimate of drug-likeness (QED) is 0.577. The standard InChI is InChI=1S/C26H44O4/c1-5-17-21-14-16(27)10-12-26(21,4)20-11-13-25(3)18(15(2)6-9-22(28)29)7-8-19(25)23(20)24(17)30/h15-21,23-24,27,30H,5-14H2,1-4H3,(H,28,29)/t15?,16?,17?,18-,19?,20?,21?,23?,24?,25-,26-/m1/s1. The molecule has 3 N–H and O–H groups in total. The lowest BCUT2D eigenvalue weighted by molar-refractivity contribution is -0.203. The maximum absolute atomic E-state index is 11.7. The van der Waals surface area contributed by atoms with E-state index < -0.39 is 5.97 Å². The van der Waals surface area contributed by atoms with Gasteiger partial charge in [-0.2, -0.15) is 0 Å². The summed E-state index contributed by atoms with van der Waals surface area (Å²) in [5.41, 5.74) is 0.480. The minimum atomic E-state index is -0.683. The van der Waals surface area contributed by atoms with Gasteiger partial charge in [0, 0.05) is 6.42 Å². The third-order valence-corrected chi connectivity index (χ3v) is 11.0. The van der Waals surface area contributed by atoms with Crippen LogP contribution in [-0.4, -0.2) is 33.5 Å². The zero-order valence-corrected chi connectivity index (χ0v) is 19.5. The fourth-order valence-corrected chi connectivity index (χ4v) is 9.48. The average Bonchev–Trinajstić information content (AvgIpc) is 3.05. The Labute approximate surface area is 182 Å². The summed E-state index contributed by atoms with van der Waals surface area (Å²) in [7, 11) is 0. The third kappa shape index (κ3) is 3.36. The highest BCUT2D eigenvalue weighted by Crippen LogP contribution is 2.69. The molecule has 4 nitrogen and oxygen atoms in total. The van der Waals surface area contributed by atoms with Crippen molar-refractivity contribution in [1.82, 2.24) is 0 Å². The van der Waals surface area contributed by atoms with Crippen LogP contribution in [0.15, 0.2) is 0 Å². The Balaban J connectivity index is 1.61. The number of fused-ring (bicyclic) bond motifs is 5. The number of aliphatic hydroxyl groups is 2. The number of carboxylic acids is 1. The molecule has 0 aromatic heterocycles. The SMILES string of the molecule is CCC1C(O)C2C(CC[C@@]3(C)C2CC[C@@H]3C(C)CCC(=O)O)[C@@]2(C)CCC(O)CC12. The first-order valence-electron chi connectivity index (χ1n) is 12.7. The van der Waals surface area contributed by atoms with Crippen molar-refractivity contribution in [3.63, 3.8) is 0 Å². The van der Waals surface area contributed by atoms with Crippen LogP contribution in [0, 0.1) is 52.3 Å². The third-order valence-electron chi connectivity index (χ3n) is 11.0. The molecule has 0 aromatic rings. The highest BCUT2D eigenvalue weighted by Gasteiger charge is 2.64. The first-order chi connectivity index (χ1) is 14.1. The van der Waals surface area contributed by atoms with Crippen molar-refractivity contribution in [2.75, 3.05) is 0 Å². The van der Waals surface area contributed by atoms with Gasteiger partial charge in [-0.3, -0.25) is 4.79 Å². The molecule has 4 rings (SSSR count). The number of aliphatic carboxylic acids is 1. The lowest BCUT2D eigenvalue weighted by atomic mass is 9.41. The zero-order valence-electron chi connectivity index (χ0n) is 19.5. The van der Waals surface area contributed by atoms with Crippen LogP contribution < -0.4 is 0 Å². The van der Waals surface area contributed by atoms with Crippen LogP contribution in [0.1, 0.15) is 91.9 Å². The number of hydrogen-bond acceptors (Lipinski definition) is 3. The van der Waals surface area contributed by atoms with Crippen LogP contribution in [0.2, 0.25) is 0 Å². The van der Waals surface area contributed by atoms with Crippen LogP contribution in [-0.2, 0) is 4.79 Å². The molecule has 4 aliphatic rings. The van der Waals surface area contributed by atoms with Crippen LogP contribution in [0.25, 0.3) is 0 Å². The molecule has 0 heterocycles. The molecule has 0 radical (unpaired) electrons. The van der Waals surface area contributed by atoms with Gasteiger partial charge in [-0.25, -0.2) is 0 Å². The van der Waals surface area contributed by atoms with Gasteiger partial charge in [-0.15, -0.1) is 0 Å². The summed E-state index contributed by atoms with van der Waals surface area (Å²) in [5.74, 6) is 2.58. The molecule has 0 bridgehead atoms. The van der Waals surface area contributed by atoms with E-state index in [0.29, 0.717) is 41.4 Å². The Morgan fingerprint density at radius 2 is 1.67 bits per heavy atom. The van der Waals surface area contributed by atoms with E-state index in [1.165, 1.54) is 25.7 Å². The molecule has 30 heavy (non-hydrogen) atoms. The summed E-state index contributed by atoms with van der Waals surface area (Å²) in [4.78, 5) is 11.1. The van der Waals surface area contributed by atoms with E-state index in [1.807, 2.05) is 0 Å². The normalized spacial score (nSPS) is 51.5.